The molecule has 5 saturated carbocycles. The Bertz CT molecular complexity index is 710. The topological polar surface area (TPSA) is 37.3 Å². The quantitative estimate of drug-likeness (QED) is 0.619. The van der Waals surface area contributed by atoms with Crippen molar-refractivity contribution in [1.29, 1.82) is 0 Å². The minimum atomic E-state index is -0.861. The van der Waals surface area contributed by atoms with Gasteiger partial charge in [0.1, 0.15) is 11.4 Å². The van der Waals surface area contributed by atoms with Gasteiger partial charge in [-0.25, -0.2) is 0 Å². The first-order valence-electron chi connectivity index (χ1n) is 11.3. The maximum Gasteiger partial charge on any atom is 0.133 e. The van der Waals surface area contributed by atoms with Gasteiger partial charge >= 0.3 is 0 Å². The molecule has 0 aromatic heterocycles. The first-order chi connectivity index (χ1) is 13.4. The maximum absolute atomic E-state index is 12.1. The predicted molar refractivity (Wildman–Crippen MR) is 110 cm³/mol. The van der Waals surface area contributed by atoms with Gasteiger partial charge in [0.05, 0.1) is 5.92 Å². The lowest BCUT2D eigenvalue weighted by molar-refractivity contribution is -0.147. The fourth-order valence-corrected chi connectivity index (χ4v) is 7.90. The van der Waals surface area contributed by atoms with Gasteiger partial charge in [0.2, 0.25) is 0 Å². The SMILES string of the molecule is C[C@]12CCC(=O)C[C@@H]1CC[C@@H]1[C@@H]2CC[C@@]2(C)[C@H]1CC[C@@]2(O)C#C[C]1[CH][CH][CH][CH]1. The molecule has 5 rings (SSSR count). The zero-order valence-corrected chi connectivity index (χ0v) is 17.3. The Kier molecular flexibility index (Phi) is 4.52. The maximum atomic E-state index is 12.1. The number of carbonyl (C=O) groups is 1. The lowest BCUT2D eigenvalue weighted by Gasteiger charge is -2.60. The van der Waals surface area contributed by atoms with Crippen molar-refractivity contribution < 1.29 is 9.90 Å². The summed E-state index contributed by atoms with van der Waals surface area (Å²) in [7, 11) is 0. The molecule has 0 unspecified atom stereocenters. The Morgan fingerprint density at radius 3 is 2.54 bits per heavy atom. The molecule has 0 heterocycles. The summed E-state index contributed by atoms with van der Waals surface area (Å²) in [6, 6.07) is 0. The number of rotatable bonds is 0. The molecule has 0 spiro atoms. The van der Waals surface area contributed by atoms with Crippen LogP contribution in [0.2, 0.25) is 0 Å². The van der Waals surface area contributed by atoms with Crippen LogP contribution in [-0.4, -0.2) is 16.5 Å². The Morgan fingerprint density at radius 2 is 1.75 bits per heavy atom. The number of Topliss-reactive ketones (excluding diaryl/α,β-unsaturated/α-hetero) is 1. The fraction of sp³-hybridized carbons (Fsp3) is 0.692. The normalized spacial score (nSPS) is 51.0. The van der Waals surface area contributed by atoms with Crippen LogP contribution < -0.4 is 0 Å². The summed E-state index contributed by atoms with van der Waals surface area (Å²) in [6.07, 6.45) is 17.4. The Balaban J connectivity index is 1.40. The molecule has 5 radical (unpaired) electrons. The van der Waals surface area contributed by atoms with E-state index in [4.69, 9.17) is 0 Å². The molecular formula is C26H33O2. The van der Waals surface area contributed by atoms with E-state index in [1.165, 1.54) is 19.3 Å². The average molecular weight is 378 g/mol. The summed E-state index contributed by atoms with van der Waals surface area (Å²) in [4.78, 5) is 12.1. The Labute approximate surface area is 171 Å². The van der Waals surface area contributed by atoms with Gasteiger partial charge in [0, 0.05) is 18.3 Å². The molecule has 149 valence electrons. The molecule has 2 nitrogen and oxygen atoms in total. The van der Waals surface area contributed by atoms with Crippen LogP contribution in [-0.2, 0) is 4.79 Å². The first kappa shape index (κ1) is 19.2. The number of ketones is 1. The van der Waals surface area contributed by atoms with Crippen molar-refractivity contribution in [3.8, 4) is 11.8 Å². The third kappa shape index (κ3) is 2.68. The summed E-state index contributed by atoms with van der Waals surface area (Å²) in [6.45, 7) is 4.80. The molecule has 1 N–H and O–H groups in total. The Morgan fingerprint density at radius 1 is 1.00 bits per heavy atom. The highest BCUT2D eigenvalue weighted by Gasteiger charge is 2.64. The third-order valence-electron chi connectivity index (χ3n) is 9.71. The highest BCUT2D eigenvalue weighted by Crippen LogP contribution is 2.68. The second kappa shape index (κ2) is 6.60. The summed E-state index contributed by atoms with van der Waals surface area (Å²) >= 11 is 0. The number of fused-ring (bicyclic) bond motifs is 5. The van der Waals surface area contributed by atoms with Crippen molar-refractivity contribution in [2.75, 3.05) is 0 Å². The minimum Gasteiger partial charge on any atom is -0.377 e. The van der Waals surface area contributed by atoms with Gasteiger partial charge in [0.25, 0.3) is 0 Å². The van der Waals surface area contributed by atoms with Crippen LogP contribution in [0.5, 0.6) is 0 Å². The number of hydrogen-bond acceptors (Lipinski definition) is 2. The van der Waals surface area contributed by atoms with Gasteiger partial charge in [-0.2, -0.15) is 0 Å². The van der Waals surface area contributed by atoms with Crippen LogP contribution in [0.4, 0.5) is 0 Å². The zero-order valence-electron chi connectivity index (χ0n) is 17.3. The average Bonchev–Trinajstić information content (AvgIpc) is 3.28. The van der Waals surface area contributed by atoms with Crippen molar-refractivity contribution >= 4 is 5.78 Å². The van der Waals surface area contributed by atoms with E-state index in [0.717, 1.165) is 50.4 Å². The molecule has 7 atom stereocenters. The summed E-state index contributed by atoms with van der Waals surface area (Å²) in [5, 5.41) is 11.6. The molecule has 5 fully saturated rings. The summed E-state index contributed by atoms with van der Waals surface area (Å²) < 4.78 is 0. The van der Waals surface area contributed by atoms with E-state index >= 15 is 0 Å². The van der Waals surface area contributed by atoms with Gasteiger partial charge in [-0.3, -0.25) is 4.79 Å². The molecule has 0 amide bonds. The van der Waals surface area contributed by atoms with Crippen molar-refractivity contribution in [3.63, 3.8) is 0 Å². The molecule has 2 heteroatoms. The smallest absolute Gasteiger partial charge is 0.133 e. The lowest BCUT2D eigenvalue weighted by atomic mass is 9.44. The molecular weight excluding hydrogens is 344 g/mol. The van der Waals surface area contributed by atoms with Gasteiger partial charge in [-0.05, 0) is 99.7 Å². The van der Waals surface area contributed by atoms with Gasteiger partial charge in [0.15, 0.2) is 0 Å². The first-order valence-corrected chi connectivity index (χ1v) is 11.3. The van der Waals surface area contributed by atoms with Crippen LogP contribution in [0.25, 0.3) is 0 Å². The second-order valence-electron chi connectivity index (χ2n) is 10.7. The molecule has 0 bridgehead atoms. The van der Waals surface area contributed by atoms with E-state index in [2.05, 4.69) is 25.7 Å². The van der Waals surface area contributed by atoms with Crippen molar-refractivity contribution in [1.82, 2.24) is 0 Å². The molecule has 0 aromatic carbocycles. The standard InChI is InChI=1S/C26H33O2/c1-24-13-10-20(27)17-19(24)7-8-21-22(24)11-14-25(2)23(21)12-16-26(25,28)15-9-18-5-3-4-6-18/h3-6,19,21-23,28H,7-8,10-14,16-17H2,1-2H3/t19-,21+,22-,23-,24-,25-,26-/m0/s1. The Hall–Kier alpha value is -0.810. The van der Waals surface area contributed by atoms with Gasteiger partial charge in [-0.1, -0.05) is 25.7 Å². The monoisotopic (exact) mass is 377 g/mol. The van der Waals surface area contributed by atoms with Crippen molar-refractivity contribution in [2.24, 2.45) is 34.5 Å². The molecule has 5 aliphatic carbocycles. The largest absolute Gasteiger partial charge is 0.377 e. The van der Waals surface area contributed by atoms with Crippen LogP contribution >= 0.6 is 0 Å². The number of hydrogen-bond donors (Lipinski definition) is 1. The van der Waals surface area contributed by atoms with E-state index in [-0.39, 0.29) is 5.41 Å². The molecule has 0 aromatic rings. The molecule has 0 saturated heterocycles. The highest BCUT2D eigenvalue weighted by molar-refractivity contribution is 5.79. The molecule has 28 heavy (non-hydrogen) atoms. The second-order valence-corrected chi connectivity index (χ2v) is 10.7. The third-order valence-corrected chi connectivity index (χ3v) is 9.71. The molecule has 0 aliphatic heterocycles. The summed E-state index contributed by atoms with van der Waals surface area (Å²) in [5.41, 5.74) is -0.624. The van der Waals surface area contributed by atoms with E-state index in [0.29, 0.717) is 29.0 Å². The lowest BCUT2D eigenvalue weighted by Crippen LogP contribution is -2.56. The van der Waals surface area contributed by atoms with E-state index in [9.17, 15) is 9.90 Å². The van der Waals surface area contributed by atoms with Crippen LogP contribution in [0.1, 0.15) is 71.6 Å². The zero-order chi connectivity index (χ0) is 19.6. The fourth-order valence-electron chi connectivity index (χ4n) is 7.90. The van der Waals surface area contributed by atoms with E-state index in [1.54, 1.807) is 0 Å². The number of carbonyl (C=O) groups excluding carboxylic acids is 1. The number of aliphatic hydroxyl groups is 1. The molecule has 5 aliphatic rings. The van der Waals surface area contributed by atoms with E-state index < -0.39 is 5.60 Å². The van der Waals surface area contributed by atoms with Crippen LogP contribution in [0, 0.1) is 77.9 Å². The van der Waals surface area contributed by atoms with Gasteiger partial charge < -0.3 is 5.11 Å². The van der Waals surface area contributed by atoms with Crippen molar-refractivity contribution in [2.45, 2.75) is 77.2 Å². The highest BCUT2D eigenvalue weighted by atomic mass is 16.3. The predicted octanol–water partition coefficient (Wildman–Crippen LogP) is 4.74. The van der Waals surface area contributed by atoms with Gasteiger partial charge in [-0.15, -0.1) is 0 Å². The van der Waals surface area contributed by atoms with E-state index in [1.807, 2.05) is 25.7 Å². The minimum absolute atomic E-state index is 0.0958. The van der Waals surface area contributed by atoms with Crippen LogP contribution in [0.3, 0.4) is 0 Å². The van der Waals surface area contributed by atoms with Crippen molar-refractivity contribution in [3.05, 3.63) is 31.6 Å². The summed E-state index contributed by atoms with van der Waals surface area (Å²) in [5.74, 6) is 10.7. The van der Waals surface area contributed by atoms with Crippen LogP contribution in [0.15, 0.2) is 0 Å².